The van der Waals surface area contributed by atoms with Crippen LogP contribution >= 0.6 is 35.3 Å². The van der Waals surface area contributed by atoms with Crippen molar-refractivity contribution in [3.8, 4) is 0 Å². The fourth-order valence-electron chi connectivity index (χ4n) is 1.98. The molecule has 0 saturated carbocycles. The summed E-state index contributed by atoms with van der Waals surface area (Å²) in [4.78, 5) is 7.98. The van der Waals surface area contributed by atoms with Crippen LogP contribution in [0.1, 0.15) is 37.5 Å². The zero-order valence-corrected chi connectivity index (χ0v) is 16.0. The molecule has 0 aliphatic heterocycles. The Balaban J connectivity index is 0.00000361. The minimum atomic E-state index is 0. The lowest BCUT2D eigenvalue weighted by Gasteiger charge is -2.21. The second-order valence-electron chi connectivity index (χ2n) is 4.79. The fraction of sp³-hybridized carbons (Fsp3) is 0.667. The predicted octanol–water partition coefficient (Wildman–Crippen LogP) is 4.00. The summed E-state index contributed by atoms with van der Waals surface area (Å²) in [5.74, 6) is 1.01. The van der Waals surface area contributed by atoms with Crippen LogP contribution in [-0.2, 0) is 6.42 Å². The number of aliphatic imine (C=N–C) groups is 1. The van der Waals surface area contributed by atoms with E-state index < -0.39 is 0 Å². The van der Waals surface area contributed by atoms with Gasteiger partial charge in [-0.15, -0.1) is 35.3 Å². The number of unbranched alkanes of at least 4 members (excludes halogenated alkanes) is 3. The molecule has 0 aliphatic carbocycles. The van der Waals surface area contributed by atoms with Crippen LogP contribution in [0.25, 0.3) is 0 Å². The van der Waals surface area contributed by atoms with E-state index in [0.717, 1.165) is 25.5 Å². The molecule has 1 aromatic rings. The molecular weight excluding hydrogens is 381 g/mol. The maximum absolute atomic E-state index is 4.34. The molecule has 20 heavy (non-hydrogen) atoms. The average molecular weight is 409 g/mol. The topological polar surface area (TPSA) is 27.6 Å². The van der Waals surface area contributed by atoms with Crippen LogP contribution in [0.15, 0.2) is 22.5 Å². The highest BCUT2D eigenvalue weighted by molar-refractivity contribution is 14.0. The minimum Gasteiger partial charge on any atom is -0.356 e. The summed E-state index contributed by atoms with van der Waals surface area (Å²) in [5.41, 5.74) is 0. The van der Waals surface area contributed by atoms with Gasteiger partial charge in [-0.2, -0.15) is 0 Å². The smallest absolute Gasteiger partial charge is 0.193 e. The highest BCUT2D eigenvalue weighted by atomic mass is 127. The van der Waals surface area contributed by atoms with Gasteiger partial charge in [-0.3, -0.25) is 4.99 Å². The Morgan fingerprint density at radius 1 is 1.35 bits per heavy atom. The van der Waals surface area contributed by atoms with Crippen molar-refractivity contribution in [3.05, 3.63) is 22.4 Å². The molecule has 5 heteroatoms. The lowest BCUT2D eigenvalue weighted by atomic mass is 10.2. The van der Waals surface area contributed by atoms with Crippen LogP contribution in [0.4, 0.5) is 0 Å². The summed E-state index contributed by atoms with van der Waals surface area (Å²) < 4.78 is 0. The summed E-state index contributed by atoms with van der Waals surface area (Å²) >= 11 is 1.82. The molecule has 0 aromatic carbocycles. The molecule has 0 amide bonds. The number of hydrogen-bond acceptors (Lipinski definition) is 2. The molecule has 0 spiro atoms. The van der Waals surface area contributed by atoms with Gasteiger partial charge in [-0.25, -0.2) is 0 Å². The van der Waals surface area contributed by atoms with Crippen molar-refractivity contribution in [2.45, 2.75) is 39.0 Å². The van der Waals surface area contributed by atoms with Gasteiger partial charge in [0.25, 0.3) is 0 Å². The first kappa shape index (κ1) is 19.7. The van der Waals surface area contributed by atoms with E-state index in [1.165, 1.54) is 30.6 Å². The molecule has 1 heterocycles. The van der Waals surface area contributed by atoms with Crippen molar-refractivity contribution in [1.29, 1.82) is 0 Å². The van der Waals surface area contributed by atoms with Crippen LogP contribution in [0.2, 0.25) is 0 Å². The van der Waals surface area contributed by atoms with Gasteiger partial charge in [0.15, 0.2) is 5.96 Å². The minimum absolute atomic E-state index is 0. The van der Waals surface area contributed by atoms with Crippen LogP contribution in [0.5, 0.6) is 0 Å². The van der Waals surface area contributed by atoms with Crippen LogP contribution < -0.4 is 5.32 Å². The van der Waals surface area contributed by atoms with Gasteiger partial charge in [0, 0.05) is 32.1 Å². The second-order valence-corrected chi connectivity index (χ2v) is 5.82. The van der Waals surface area contributed by atoms with Crippen molar-refractivity contribution in [1.82, 2.24) is 10.2 Å². The van der Waals surface area contributed by atoms with E-state index in [1.807, 2.05) is 18.4 Å². The Morgan fingerprint density at radius 2 is 2.15 bits per heavy atom. The Kier molecular flexibility index (Phi) is 12.3. The van der Waals surface area contributed by atoms with Crippen molar-refractivity contribution < 1.29 is 0 Å². The number of rotatable bonds is 8. The lowest BCUT2D eigenvalue weighted by molar-refractivity contribution is 0.484. The molecule has 1 N–H and O–H groups in total. The van der Waals surface area contributed by atoms with Crippen molar-refractivity contribution in [2.24, 2.45) is 4.99 Å². The molecular formula is C15H28IN3S. The highest BCUT2D eigenvalue weighted by Gasteiger charge is 2.05. The third kappa shape index (κ3) is 8.09. The van der Waals surface area contributed by atoms with Gasteiger partial charge < -0.3 is 10.2 Å². The van der Waals surface area contributed by atoms with Crippen molar-refractivity contribution in [2.75, 3.05) is 27.2 Å². The normalized spacial score (nSPS) is 11.1. The van der Waals surface area contributed by atoms with Crippen LogP contribution in [0.3, 0.4) is 0 Å². The molecule has 1 aromatic heterocycles. The highest BCUT2D eigenvalue weighted by Crippen LogP contribution is 2.09. The van der Waals surface area contributed by atoms with Crippen LogP contribution in [-0.4, -0.2) is 38.0 Å². The molecule has 0 radical (unpaired) electrons. The number of guanidine groups is 1. The predicted molar refractivity (Wildman–Crippen MR) is 102 cm³/mol. The van der Waals surface area contributed by atoms with Gasteiger partial charge in [0.05, 0.1) is 0 Å². The summed E-state index contributed by atoms with van der Waals surface area (Å²) in [5, 5.41) is 5.57. The average Bonchev–Trinajstić information content (AvgIpc) is 2.93. The maximum Gasteiger partial charge on any atom is 0.193 e. The quantitative estimate of drug-likeness (QED) is 0.304. The summed E-state index contributed by atoms with van der Waals surface area (Å²) in [6.07, 6.45) is 6.24. The van der Waals surface area contributed by atoms with E-state index in [4.69, 9.17) is 0 Å². The Morgan fingerprint density at radius 3 is 2.75 bits per heavy atom. The zero-order chi connectivity index (χ0) is 13.9. The number of hydrogen-bond donors (Lipinski definition) is 1. The summed E-state index contributed by atoms with van der Waals surface area (Å²) in [6.45, 7) is 4.27. The SMILES string of the molecule is CCCCCCNC(=NC)N(C)CCc1cccs1.I. The van der Waals surface area contributed by atoms with Crippen molar-refractivity contribution >= 4 is 41.3 Å². The number of likely N-dealkylation sites (N-methyl/N-ethyl adjacent to an activating group) is 1. The number of thiophene rings is 1. The number of halogens is 1. The first-order valence-corrected chi connectivity index (χ1v) is 8.10. The molecule has 0 aliphatic rings. The first-order valence-electron chi connectivity index (χ1n) is 7.22. The van der Waals surface area contributed by atoms with E-state index in [1.54, 1.807) is 0 Å². The van der Waals surface area contributed by atoms with Crippen molar-refractivity contribution in [3.63, 3.8) is 0 Å². The zero-order valence-electron chi connectivity index (χ0n) is 12.9. The molecule has 0 saturated heterocycles. The van der Waals surface area contributed by atoms with Gasteiger partial charge in [-0.1, -0.05) is 32.3 Å². The Bertz CT molecular complexity index is 352. The van der Waals surface area contributed by atoms with E-state index in [2.05, 4.69) is 46.7 Å². The van der Waals surface area contributed by atoms with E-state index in [9.17, 15) is 0 Å². The fourth-order valence-corrected chi connectivity index (χ4v) is 2.67. The monoisotopic (exact) mass is 409 g/mol. The van der Waals surface area contributed by atoms with Gasteiger partial charge in [-0.05, 0) is 24.3 Å². The molecule has 116 valence electrons. The summed E-state index contributed by atoms with van der Waals surface area (Å²) in [7, 11) is 3.96. The largest absolute Gasteiger partial charge is 0.356 e. The second kappa shape index (κ2) is 12.4. The third-order valence-electron chi connectivity index (χ3n) is 3.16. The van der Waals surface area contributed by atoms with E-state index in [-0.39, 0.29) is 24.0 Å². The Hall–Kier alpha value is -0.300. The molecule has 1 rings (SSSR count). The molecule has 0 bridgehead atoms. The van der Waals surface area contributed by atoms with Gasteiger partial charge >= 0.3 is 0 Å². The lowest BCUT2D eigenvalue weighted by Crippen LogP contribution is -2.40. The molecule has 0 fully saturated rings. The molecule has 0 atom stereocenters. The molecule has 0 unspecified atom stereocenters. The first-order chi connectivity index (χ1) is 9.27. The number of nitrogens with zero attached hydrogens (tertiary/aromatic N) is 2. The molecule has 3 nitrogen and oxygen atoms in total. The number of nitrogens with one attached hydrogen (secondary N) is 1. The van der Waals surface area contributed by atoms with Gasteiger partial charge in [0.1, 0.15) is 0 Å². The van der Waals surface area contributed by atoms with E-state index >= 15 is 0 Å². The third-order valence-corrected chi connectivity index (χ3v) is 4.10. The van der Waals surface area contributed by atoms with E-state index in [0.29, 0.717) is 0 Å². The standard InChI is InChI=1S/C15H27N3S.HI/c1-4-5-6-7-11-17-15(16-2)18(3)12-10-14-9-8-13-19-14;/h8-9,13H,4-7,10-12H2,1-3H3,(H,16,17);1H. The maximum atomic E-state index is 4.34. The summed E-state index contributed by atoms with van der Waals surface area (Å²) in [6, 6.07) is 4.31. The van der Waals surface area contributed by atoms with Crippen LogP contribution in [0, 0.1) is 0 Å². The Labute approximate surface area is 144 Å². The van der Waals surface area contributed by atoms with Gasteiger partial charge in [0.2, 0.25) is 0 Å².